The summed E-state index contributed by atoms with van der Waals surface area (Å²) >= 11 is 1.65. The van der Waals surface area contributed by atoms with E-state index in [-0.39, 0.29) is 0 Å². The van der Waals surface area contributed by atoms with Gasteiger partial charge < -0.3 is 9.15 Å². The number of hydrogen-bond donors (Lipinski definition) is 0. The van der Waals surface area contributed by atoms with Gasteiger partial charge in [-0.15, -0.1) is 11.3 Å². The number of ether oxygens (including phenoxy) is 1. The van der Waals surface area contributed by atoms with Crippen molar-refractivity contribution in [2.24, 2.45) is 0 Å². The van der Waals surface area contributed by atoms with E-state index in [0.717, 1.165) is 4.88 Å². The molecule has 0 aliphatic heterocycles. The van der Waals surface area contributed by atoms with Crippen LogP contribution in [0.5, 0.6) is 6.08 Å². The van der Waals surface area contributed by atoms with E-state index in [0.29, 0.717) is 12.7 Å². The van der Waals surface area contributed by atoms with Crippen molar-refractivity contribution in [3.8, 4) is 6.08 Å². The molecule has 0 aliphatic rings. The number of oxazole rings is 1. The van der Waals surface area contributed by atoms with Crippen molar-refractivity contribution in [1.82, 2.24) is 4.98 Å². The lowest BCUT2D eigenvalue weighted by molar-refractivity contribution is 0.222. The number of rotatable bonds is 3. The summed E-state index contributed by atoms with van der Waals surface area (Å²) in [5.41, 5.74) is 0. The first-order valence-electron chi connectivity index (χ1n) is 3.50. The van der Waals surface area contributed by atoms with E-state index in [4.69, 9.17) is 9.15 Å². The molecule has 0 unspecified atom stereocenters. The van der Waals surface area contributed by atoms with Gasteiger partial charge in [0.15, 0.2) is 0 Å². The highest BCUT2D eigenvalue weighted by Crippen LogP contribution is 2.12. The quantitative estimate of drug-likeness (QED) is 0.728. The second kappa shape index (κ2) is 3.40. The summed E-state index contributed by atoms with van der Waals surface area (Å²) in [6.45, 7) is 0.526. The number of aromatic nitrogens is 1. The van der Waals surface area contributed by atoms with Gasteiger partial charge in [0.25, 0.3) is 0 Å². The first kappa shape index (κ1) is 7.36. The Morgan fingerprint density at radius 1 is 1.58 bits per heavy atom. The van der Waals surface area contributed by atoms with Crippen molar-refractivity contribution in [3.05, 3.63) is 34.8 Å². The second-order valence-corrected chi connectivity index (χ2v) is 3.20. The van der Waals surface area contributed by atoms with Gasteiger partial charge in [0.05, 0.1) is 6.20 Å². The van der Waals surface area contributed by atoms with E-state index >= 15 is 0 Å². The molecule has 62 valence electrons. The molecule has 2 heterocycles. The molecular formula is C8H7NO2S. The van der Waals surface area contributed by atoms with Gasteiger partial charge in [-0.3, -0.25) is 0 Å². The minimum atomic E-state index is 0.323. The molecule has 4 heteroatoms. The molecule has 0 aromatic carbocycles. The lowest BCUT2D eigenvalue weighted by Crippen LogP contribution is -1.91. The third-order valence-electron chi connectivity index (χ3n) is 1.33. The van der Waals surface area contributed by atoms with Crippen LogP contribution < -0.4 is 4.74 Å². The van der Waals surface area contributed by atoms with E-state index in [1.807, 2.05) is 17.5 Å². The fourth-order valence-corrected chi connectivity index (χ4v) is 1.43. The first-order valence-corrected chi connectivity index (χ1v) is 4.38. The monoisotopic (exact) mass is 181 g/mol. The van der Waals surface area contributed by atoms with Gasteiger partial charge in [-0.25, -0.2) is 0 Å². The van der Waals surface area contributed by atoms with E-state index in [1.165, 1.54) is 6.26 Å². The standard InChI is InChI=1S/C8H7NO2S/c1-2-7(12-5-1)6-11-8-9-3-4-10-8/h1-5H,6H2. The Balaban J connectivity index is 1.91. The number of hydrogen-bond acceptors (Lipinski definition) is 4. The van der Waals surface area contributed by atoms with Gasteiger partial charge in [0.2, 0.25) is 0 Å². The molecule has 0 atom stereocenters. The Morgan fingerprint density at radius 2 is 2.58 bits per heavy atom. The van der Waals surface area contributed by atoms with E-state index in [1.54, 1.807) is 17.5 Å². The van der Waals surface area contributed by atoms with Crippen LogP contribution in [0.3, 0.4) is 0 Å². The van der Waals surface area contributed by atoms with Crippen LogP contribution >= 0.6 is 11.3 Å². The molecule has 12 heavy (non-hydrogen) atoms. The van der Waals surface area contributed by atoms with Crippen LogP contribution in [-0.2, 0) is 6.61 Å². The van der Waals surface area contributed by atoms with Crippen LogP contribution in [-0.4, -0.2) is 4.98 Å². The lowest BCUT2D eigenvalue weighted by Gasteiger charge is -1.96. The predicted molar refractivity (Wildman–Crippen MR) is 45.2 cm³/mol. The molecule has 2 rings (SSSR count). The third kappa shape index (κ3) is 1.65. The summed E-state index contributed by atoms with van der Waals surface area (Å²) in [6.07, 6.45) is 3.37. The Bertz CT molecular complexity index is 280. The Kier molecular flexibility index (Phi) is 2.09. The van der Waals surface area contributed by atoms with Crippen LogP contribution in [0.15, 0.2) is 34.4 Å². The van der Waals surface area contributed by atoms with Crippen LogP contribution in [0.2, 0.25) is 0 Å². The van der Waals surface area contributed by atoms with Crippen molar-refractivity contribution in [2.45, 2.75) is 6.61 Å². The molecule has 0 amide bonds. The first-order chi connectivity index (χ1) is 5.95. The Labute approximate surface area is 73.6 Å². The van der Waals surface area contributed by atoms with E-state index in [9.17, 15) is 0 Å². The molecule has 0 saturated heterocycles. The van der Waals surface area contributed by atoms with Crippen LogP contribution in [0.4, 0.5) is 0 Å². The molecular weight excluding hydrogens is 174 g/mol. The van der Waals surface area contributed by atoms with Crippen molar-refractivity contribution in [3.63, 3.8) is 0 Å². The molecule has 0 spiro atoms. The molecule has 0 saturated carbocycles. The minimum absolute atomic E-state index is 0.323. The molecule has 0 fully saturated rings. The summed E-state index contributed by atoms with van der Waals surface area (Å²) in [5.74, 6) is 0. The van der Waals surface area contributed by atoms with Crippen molar-refractivity contribution in [1.29, 1.82) is 0 Å². The van der Waals surface area contributed by atoms with E-state index < -0.39 is 0 Å². The Hall–Kier alpha value is -1.29. The van der Waals surface area contributed by atoms with Crippen LogP contribution in [0.1, 0.15) is 4.88 Å². The highest BCUT2D eigenvalue weighted by Gasteiger charge is 1.98. The smallest absolute Gasteiger partial charge is 0.393 e. The summed E-state index contributed by atoms with van der Waals surface area (Å²) in [4.78, 5) is 4.99. The second-order valence-electron chi connectivity index (χ2n) is 2.17. The molecule has 0 radical (unpaired) electrons. The third-order valence-corrected chi connectivity index (χ3v) is 2.18. The normalized spacial score (nSPS) is 10.0. The number of thiophene rings is 1. The maximum atomic E-state index is 5.22. The summed E-state index contributed by atoms with van der Waals surface area (Å²) < 4.78 is 10.1. The zero-order valence-electron chi connectivity index (χ0n) is 6.27. The lowest BCUT2D eigenvalue weighted by atomic mass is 10.5. The molecule has 0 aliphatic carbocycles. The highest BCUT2D eigenvalue weighted by atomic mass is 32.1. The summed E-state index contributed by atoms with van der Waals surface area (Å²) in [6, 6.07) is 3.99. The van der Waals surface area contributed by atoms with Gasteiger partial charge >= 0.3 is 6.08 Å². The van der Waals surface area contributed by atoms with Crippen molar-refractivity contribution < 1.29 is 9.15 Å². The van der Waals surface area contributed by atoms with E-state index in [2.05, 4.69) is 4.98 Å². The Morgan fingerprint density at radius 3 is 3.25 bits per heavy atom. The zero-order chi connectivity index (χ0) is 8.23. The average molecular weight is 181 g/mol. The highest BCUT2D eigenvalue weighted by molar-refractivity contribution is 7.09. The number of nitrogens with zero attached hydrogens (tertiary/aromatic N) is 1. The summed E-state index contributed by atoms with van der Waals surface area (Å²) in [7, 11) is 0. The molecule has 0 N–H and O–H groups in total. The average Bonchev–Trinajstić information content (AvgIpc) is 2.74. The van der Waals surface area contributed by atoms with Crippen LogP contribution in [0.25, 0.3) is 0 Å². The van der Waals surface area contributed by atoms with Gasteiger partial charge in [-0.1, -0.05) is 6.07 Å². The summed E-state index contributed by atoms with van der Waals surface area (Å²) in [5, 5.41) is 2.01. The van der Waals surface area contributed by atoms with Gasteiger partial charge in [-0.05, 0) is 11.4 Å². The topological polar surface area (TPSA) is 35.3 Å². The minimum Gasteiger partial charge on any atom is -0.444 e. The van der Waals surface area contributed by atoms with Gasteiger partial charge in [0.1, 0.15) is 12.9 Å². The van der Waals surface area contributed by atoms with Gasteiger partial charge in [-0.2, -0.15) is 4.98 Å². The zero-order valence-corrected chi connectivity index (χ0v) is 7.08. The van der Waals surface area contributed by atoms with Crippen molar-refractivity contribution in [2.75, 3.05) is 0 Å². The van der Waals surface area contributed by atoms with Crippen molar-refractivity contribution >= 4 is 11.3 Å². The molecule has 0 bridgehead atoms. The van der Waals surface area contributed by atoms with Gasteiger partial charge in [0, 0.05) is 4.88 Å². The predicted octanol–water partition coefficient (Wildman–Crippen LogP) is 2.32. The fraction of sp³-hybridized carbons (Fsp3) is 0.125. The SMILES string of the molecule is c1csc(COc2ncco2)c1. The fourth-order valence-electron chi connectivity index (χ4n) is 0.809. The molecule has 3 nitrogen and oxygen atoms in total. The largest absolute Gasteiger partial charge is 0.444 e. The van der Waals surface area contributed by atoms with Crippen LogP contribution in [0, 0.1) is 0 Å². The maximum Gasteiger partial charge on any atom is 0.393 e. The maximum absolute atomic E-state index is 5.22. The molecule has 2 aromatic rings. The molecule has 2 aromatic heterocycles.